The quantitative estimate of drug-likeness (QED) is 0.0664. The van der Waals surface area contributed by atoms with Crippen molar-refractivity contribution in [1.29, 1.82) is 0 Å². The van der Waals surface area contributed by atoms with Crippen LogP contribution in [0.2, 0.25) is 0 Å². The number of hydrogen-bond acceptors (Lipinski definition) is 12. The molecule has 2 unspecified atom stereocenters. The molecule has 0 saturated carbocycles. The van der Waals surface area contributed by atoms with Gasteiger partial charge in [-0.05, 0) is 90.9 Å². The Hall–Kier alpha value is -8.41. The lowest BCUT2D eigenvalue weighted by Gasteiger charge is -2.22. The van der Waals surface area contributed by atoms with Crippen LogP contribution in [0.5, 0.6) is 23.0 Å². The summed E-state index contributed by atoms with van der Waals surface area (Å²) in [5, 5.41) is 11.5. The van der Waals surface area contributed by atoms with Crippen molar-refractivity contribution in [2.24, 2.45) is 10.7 Å². The largest absolute Gasteiger partial charge is 0.493 e. The maximum atomic E-state index is 14.1. The molecule has 9 rings (SSSR count). The highest BCUT2D eigenvalue weighted by atomic mass is 16.5. The molecule has 18 nitrogen and oxygen atoms in total. The summed E-state index contributed by atoms with van der Waals surface area (Å²) in [6, 6.07) is 26.5. The molecule has 0 saturated heterocycles. The van der Waals surface area contributed by atoms with Gasteiger partial charge in [0.25, 0.3) is 11.8 Å². The number of aliphatic imine (C=N–C) groups is 1. The van der Waals surface area contributed by atoms with Crippen LogP contribution in [0.4, 0.5) is 28.4 Å². The van der Waals surface area contributed by atoms with Crippen molar-refractivity contribution >= 4 is 70.1 Å². The van der Waals surface area contributed by atoms with Gasteiger partial charge in [-0.25, -0.2) is 0 Å². The van der Waals surface area contributed by atoms with E-state index < -0.39 is 23.8 Å². The zero-order valence-corrected chi connectivity index (χ0v) is 39.5. The van der Waals surface area contributed by atoms with Gasteiger partial charge in [-0.1, -0.05) is 36.4 Å². The molecule has 5 aromatic rings. The van der Waals surface area contributed by atoms with Gasteiger partial charge in [0.05, 0.1) is 55.3 Å². The molecule has 3 atom stereocenters. The number of para-hydroxylation sites is 2. The molecule has 0 fully saturated rings. The van der Waals surface area contributed by atoms with Gasteiger partial charge in [0, 0.05) is 61.2 Å². The van der Waals surface area contributed by atoms with Crippen molar-refractivity contribution in [3.8, 4) is 23.0 Å². The molecule has 0 aromatic heterocycles. The zero-order chi connectivity index (χ0) is 49.8. The zero-order valence-electron chi connectivity index (χ0n) is 39.5. The molecule has 4 aliphatic heterocycles. The van der Waals surface area contributed by atoms with E-state index in [1.165, 1.54) is 21.1 Å². The van der Waals surface area contributed by atoms with Crippen molar-refractivity contribution in [3.05, 3.63) is 124 Å². The van der Waals surface area contributed by atoms with Gasteiger partial charge in [-0.15, -0.1) is 0 Å². The Morgan fingerprint density at radius 2 is 1.37 bits per heavy atom. The first-order valence-corrected chi connectivity index (χ1v) is 23.5. The molecule has 4 heterocycles. The number of nitrogens with one attached hydrogen (secondary N) is 4. The topological polar surface area (TPSA) is 232 Å². The van der Waals surface area contributed by atoms with Crippen molar-refractivity contribution in [2.45, 2.75) is 76.8 Å². The van der Waals surface area contributed by atoms with Crippen molar-refractivity contribution in [3.63, 3.8) is 0 Å². The summed E-state index contributed by atoms with van der Waals surface area (Å²) in [5.41, 5.74) is 12.6. The van der Waals surface area contributed by atoms with E-state index in [-0.39, 0.29) is 62.4 Å². The van der Waals surface area contributed by atoms with Crippen LogP contribution in [-0.2, 0) is 45.2 Å². The molecular formula is C53H54N8O10. The Morgan fingerprint density at radius 1 is 0.746 bits per heavy atom. The summed E-state index contributed by atoms with van der Waals surface area (Å²) < 4.78 is 24.3. The first-order valence-electron chi connectivity index (χ1n) is 23.5. The predicted octanol–water partition coefficient (Wildman–Crippen LogP) is 5.75. The number of carbonyl (C=O) groups excluding carboxylic acids is 6. The number of nitrogens with zero attached hydrogens (tertiary/aromatic N) is 3. The molecular weight excluding hydrogens is 909 g/mol. The van der Waals surface area contributed by atoms with Crippen LogP contribution < -0.4 is 55.7 Å². The third-order valence-corrected chi connectivity index (χ3v) is 12.9. The molecule has 18 heteroatoms. The van der Waals surface area contributed by atoms with Crippen LogP contribution in [0.3, 0.4) is 0 Å². The summed E-state index contributed by atoms with van der Waals surface area (Å²) in [7, 11) is 3.00. The number of hydrogen-bond donors (Lipinski definition) is 5. The molecule has 366 valence electrons. The number of nitrogens with two attached hydrogens (primary N) is 1. The number of benzene rings is 5. The molecule has 71 heavy (non-hydrogen) atoms. The third kappa shape index (κ3) is 10.3. The lowest BCUT2D eigenvalue weighted by molar-refractivity contribution is -0.128. The highest BCUT2D eigenvalue weighted by Crippen LogP contribution is 2.43. The minimum absolute atomic E-state index is 0.00374. The molecule has 4 aliphatic rings. The van der Waals surface area contributed by atoms with Gasteiger partial charge in [-0.3, -0.25) is 38.7 Å². The molecule has 0 spiro atoms. The Bertz CT molecular complexity index is 2980. The van der Waals surface area contributed by atoms with E-state index in [1.807, 2.05) is 59.5 Å². The minimum Gasteiger partial charge on any atom is -0.493 e. The van der Waals surface area contributed by atoms with Gasteiger partial charge < -0.3 is 50.8 Å². The number of fused-ring (bicyclic) bond motifs is 8. The number of amides is 6. The van der Waals surface area contributed by atoms with Crippen LogP contribution in [0.25, 0.3) is 0 Å². The van der Waals surface area contributed by atoms with Gasteiger partial charge in [0.15, 0.2) is 23.0 Å². The Kier molecular flexibility index (Phi) is 13.9. The summed E-state index contributed by atoms with van der Waals surface area (Å²) in [4.78, 5) is 86.0. The number of anilines is 4. The molecule has 6 amide bonds. The fourth-order valence-electron chi connectivity index (χ4n) is 9.39. The Balaban J connectivity index is 0.932. The number of ether oxygens (including phenoxy) is 4. The van der Waals surface area contributed by atoms with E-state index in [0.717, 1.165) is 28.9 Å². The molecule has 6 N–H and O–H groups in total. The average molecular weight is 963 g/mol. The number of methoxy groups -OCH3 is 2. The lowest BCUT2D eigenvalue weighted by Crippen LogP contribution is -2.45. The van der Waals surface area contributed by atoms with E-state index in [4.69, 9.17) is 29.7 Å². The highest BCUT2D eigenvalue weighted by Gasteiger charge is 2.39. The van der Waals surface area contributed by atoms with E-state index in [1.54, 1.807) is 47.5 Å². The Morgan fingerprint density at radius 3 is 2.06 bits per heavy atom. The van der Waals surface area contributed by atoms with E-state index in [9.17, 15) is 28.8 Å². The van der Waals surface area contributed by atoms with Gasteiger partial charge in [0.1, 0.15) is 19.3 Å². The maximum Gasteiger partial charge on any atom is 0.261 e. The van der Waals surface area contributed by atoms with Crippen LogP contribution in [0.15, 0.2) is 96.0 Å². The lowest BCUT2D eigenvalue weighted by atomic mass is 10.1. The number of unbranched alkanes of at least 4 members (excludes halogenated alkanes) is 1. The first-order chi connectivity index (χ1) is 34.4. The van der Waals surface area contributed by atoms with Crippen LogP contribution in [-0.4, -0.2) is 87.1 Å². The number of carbonyl (C=O) groups is 6. The Labute approximate surface area is 409 Å². The summed E-state index contributed by atoms with van der Waals surface area (Å²) in [5.74, 6) is -0.883. The van der Waals surface area contributed by atoms with Crippen LogP contribution in [0, 0.1) is 0 Å². The van der Waals surface area contributed by atoms with E-state index in [2.05, 4.69) is 21.3 Å². The second-order valence-corrected chi connectivity index (χ2v) is 17.8. The predicted molar refractivity (Wildman–Crippen MR) is 266 cm³/mol. The van der Waals surface area contributed by atoms with Crippen molar-refractivity contribution in [1.82, 2.24) is 10.6 Å². The monoisotopic (exact) mass is 962 g/mol. The van der Waals surface area contributed by atoms with Crippen molar-refractivity contribution in [2.75, 3.05) is 47.7 Å². The van der Waals surface area contributed by atoms with Crippen LogP contribution >= 0.6 is 0 Å². The normalized spacial score (nSPS) is 16.3. The number of rotatable bonds is 18. The molecule has 5 aromatic carbocycles. The van der Waals surface area contributed by atoms with E-state index >= 15 is 0 Å². The van der Waals surface area contributed by atoms with Crippen LogP contribution in [0.1, 0.15) is 75.6 Å². The van der Waals surface area contributed by atoms with Crippen molar-refractivity contribution < 1.29 is 47.7 Å². The number of primary amides is 1. The third-order valence-electron chi connectivity index (χ3n) is 12.9. The summed E-state index contributed by atoms with van der Waals surface area (Å²) >= 11 is 0. The molecule has 0 aliphatic carbocycles. The SMILES string of the molecule is COc1cc2c(cc1OCc1cc(COc3cc4c(cc3OC)C(=O)N3c5ccccc5CC3CN4)cc(NC(=O)C(C)NC(=O)CNC(=O)CCCCC(N)=O)c1)N=C[C@@H]1Cc3ccccc3N1C2=O. The fourth-order valence-corrected chi connectivity index (χ4v) is 9.39. The standard InChI is InChI=1S/C53H54N8O10/c1-30(58-50(64)27-57-49(63)15-9-8-14-48(54)62)51(65)59-35-17-31(28-70-46-23-40-38(21-44(46)68-2)52(66)60-36(25-55-40)19-33-10-4-6-12-42(33)60)16-32(18-35)29-71-47-24-41-39(22-45(47)69-3)53(67)61-37(26-56-41)20-34-11-5-7-13-43(34)61/h4-7,10-13,16-18,21-25,30,36-37,56H,8-9,14-15,19-20,26-29H2,1-3H3,(H2,54,62)(H,57,63)(H,58,64)(H,59,65)/t30?,36-,37?/m0/s1. The van der Waals surface area contributed by atoms with Gasteiger partial charge in [0.2, 0.25) is 23.6 Å². The second kappa shape index (κ2) is 20.7. The average Bonchev–Trinajstić information content (AvgIpc) is 3.86. The minimum atomic E-state index is -1.01. The first kappa shape index (κ1) is 47.6. The fraction of sp³-hybridized carbons (Fsp3) is 0.302. The van der Waals surface area contributed by atoms with E-state index in [0.29, 0.717) is 88.1 Å². The summed E-state index contributed by atoms with van der Waals surface area (Å²) in [6.07, 6.45) is 4.34. The smallest absolute Gasteiger partial charge is 0.261 e. The van der Waals surface area contributed by atoms with Gasteiger partial charge >= 0.3 is 0 Å². The summed E-state index contributed by atoms with van der Waals surface area (Å²) in [6.45, 7) is 1.68. The molecule has 0 radical (unpaired) electrons. The maximum absolute atomic E-state index is 14.1. The molecule has 0 bridgehead atoms. The van der Waals surface area contributed by atoms with Gasteiger partial charge in [-0.2, -0.15) is 0 Å². The second-order valence-electron chi connectivity index (χ2n) is 17.8. The highest BCUT2D eigenvalue weighted by molar-refractivity contribution is 6.15.